The van der Waals surface area contributed by atoms with Gasteiger partial charge in [0.15, 0.2) is 0 Å². The van der Waals surface area contributed by atoms with E-state index in [1.807, 2.05) is 26.4 Å². The molecule has 3 N–H and O–H groups in total. The van der Waals surface area contributed by atoms with Crippen LogP contribution in [0.5, 0.6) is 0 Å². The molecule has 0 unspecified atom stereocenters. The normalized spacial score (nSPS) is 18.1. The fourth-order valence-electron chi connectivity index (χ4n) is 4.77. The third-order valence-corrected chi connectivity index (χ3v) is 6.55. The van der Waals surface area contributed by atoms with Crippen LogP contribution in [0.25, 0.3) is 5.57 Å². The molecular formula is C24H34N8. The highest BCUT2D eigenvalue weighted by Crippen LogP contribution is 2.38. The lowest BCUT2D eigenvalue weighted by Crippen LogP contribution is -2.22. The van der Waals surface area contributed by atoms with Crippen LogP contribution in [0, 0.1) is 5.92 Å². The van der Waals surface area contributed by atoms with Crippen molar-refractivity contribution < 1.29 is 0 Å². The van der Waals surface area contributed by atoms with Crippen LogP contribution in [0.15, 0.2) is 35.2 Å². The van der Waals surface area contributed by atoms with Crippen LogP contribution in [-0.2, 0) is 0 Å². The van der Waals surface area contributed by atoms with Crippen molar-refractivity contribution in [1.29, 1.82) is 0 Å². The van der Waals surface area contributed by atoms with E-state index in [2.05, 4.69) is 54.6 Å². The van der Waals surface area contributed by atoms with Crippen LogP contribution >= 0.6 is 0 Å². The lowest BCUT2D eigenvalue weighted by Gasteiger charge is -2.20. The highest BCUT2D eigenvalue weighted by Gasteiger charge is 2.24. The molecule has 8 heteroatoms. The van der Waals surface area contributed by atoms with Crippen LogP contribution in [0.3, 0.4) is 0 Å². The van der Waals surface area contributed by atoms with Crippen molar-refractivity contribution in [3.63, 3.8) is 0 Å². The quantitative estimate of drug-likeness (QED) is 0.566. The van der Waals surface area contributed by atoms with Crippen LogP contribution in [-0.4, -0.2) is 54.5 Å². The summed E-state index contributed by atoms with van der Waals surface area (Å²) in [6.07, 6.45) is 10.6. The number of hydrogen-bond donors (Lipinski definition) is 3. The van der Waals surface area contributed by atoms with Crippen molar-refractivity contribution in [3.05, 3.63) is 35.8 Å². The molecule has 8 nitrogen and oxygen atoms in total. The molecule has 2 fully saturated rings. The van der Waals surface area contributed by atoms with E-state index in [4.69, 9.17) is 0 Å². The minimum absolute atomic E-state index is 0.584. The van der Waals surface area contributed by atoms with Gasteiger partial charge in [0.05, 0.1) is 19.1 Å². The SMILES string of the molecule is CN=C(C)/C(=C(\C)c1cnc(Nc2cnc(N3CCNC3)cn2)cc1NC)C1CCCC1. The average Bonchev–Trinajstić information content (AvgIpc) is 3.54. The fourth-order valence-corrected chi connectivity index (χ4v) is 4.77. The van der Waals surface area contributed by atoms with Crippen molar-refractivity contribution in [3.8, 4) is 0 Å². The molecule has 4 rings (SSSR count). The Hall–Kier alpha value is -3.00. The molecule has 0 radical (unpaired) electrons. The number of anilines is 4. The molecule has 1 aliphatic carbocycles. The van der Waals surface area contributed by atoms with Gasteiger partial charge in [-0.05, 0) is 43.8 Å². The Bertz CT molecular complexity index is 984. The standard InChI is InChI=1S/C24H34N8/c1-16(24(17(2)25-3)18-7-5-6-8-18)19-12-28-21(11-20(19)26-4)31-22-13-30-23(14-29-22)32-10-9-27-15-32/h11-14,18,27H,5-10,15H2,1-4H3,(H2,26,28,29,31)/b24-16-,25-17?. The summed E-state index contributed by atoms with van der Waals surface area (Å²) < 4.78 is 0. The van der Waals surface area contributed by atoms with Gasteiger partial charge in [0, 0.05) is 56.4 Å². The molecular weight excluding hydrogens is 400 g/mol. The van der Waals surface area contributed by atoms with Crippen molar-refractivity contribution in [2.75, 3.05) is 49.4 Å². The molecule has 1 saturated heterocycles. The Morgan fingerprint density at radius 2 is 1.88 bits per heavy atom. The Balaban J connectivity index is 1.58. The molecule has 0 spiro atoms. The topological polar surface area (TPSA) is 90.4 Å². The van der Waals surface area contributed by atoms with Gasteiger partial charge in [-0.1, -0.05) is 12.8 Å². The highest BCUT2D eigenvalue weighted by molar-refractivity contribution is 6.05. The average molecular weight is 435 g/mol. The van der Waals surface area contributed by atoms with E-state index in [1.165, 1.54) is 36.8 Å². The predicted molar refractivity (Wildman–Crippen MR) is 133 cm³/mol. The first-order valence-electron chi connectivity index (χ1n) is 11.5. The lowest BCUT2D eigenvalue weighted by atomic mass is 9.87. The number of pyridine rings is 1. The van der Waals surface area contributed by atoms with Gasteiger partial charge in [0.25, 0.3) is 0 Å². The Kier molecular flexibility index (Phi) is 6.99. The third-order valence-electron chi connectivity index (χ3n) is 6.55. The zero-order chi connectivity index (χ0) is 22.5. The largest absolute Gasteiger partial charge is 0.387 e. The summed E-state index contributed by atoms with van der Waals surface area (Å²) in [4.78, 5) is 20.4. The van der Waals surface area contributed by atoms with E-state index in [0.717, 1.165) is 48.4 Å². The summed E-state index contributed by atoms with van der Waals surface area (Å²) in [6, 6.07) is 2.03. The molecule has 0 amide bonds. The van der Waals surface area contributed by atoms with Crippen molar-refractivity contribution >= 4 is 34.4 Å². The summed E-state index contributed by atoms with van der Waals surface area (Å²) in [6.45, 7) is 7.07. The maximum Gasteiger partial charge on any atom is 0.150 e. The fraction of sp³-hybridized carbons (Fsp3) is 0.500. The zero-order valence-electron chi connectivity index (χ0n) is 19.6. The Labute approximate surface area is 190 Å². The molecule has 1 aliphatic heterocycles. The number of aromatic nitrogens is 3. The van der Waals surface area contributed by atoms with E-state index in [1.54, 1.807) is 12.4 Å². The lowest BCUT2D eigenvalue weighted by molar-refractivity contribution is 0.666. The van der Waals surface area contributed by atoms with E-state index in [-0.39, 0.29) is 0 Å². The predicted octanol–water partition coefficient (Wildman–Crippen LogP) is 4.08. The van der Waals surface area contributed by atoms with Gasteiger partial charge in [-0.15, -0.1) is 0 Å². The van der Waals surface area contributed by atoms with Crippen molar-refractivity contribution in [2.24, 2.45) is 10.9 Å². The Morgan fingerprint density at radius 3 is 2.50 bits per heavy atom. The molecule has 2 aromatic heterocycles. The Morgan fingerprint density at radius 1 is 1.09 bits per heavy atom. The number of allylic oxidation sites excluding steroid dienone is 2. The zero-order valence-corrected chi connectivity index (χ0v) is 19.6. The van der Waals surface area contributed by atoms with Crippen LogP contribution in [0.4, 0.5) is 23.1 Å². The van der Waals surface area contributed by atoms with Crippen LogP contribution < -0.4 is 20.9 Å². The third kappa shape index (κ3) is 4.75. The maximum atomic E-state index is 4.68. The first-order chi connectivity index (χ1) is 15.6. The van der Waals surface area contributed by atoms with E-state index in [9.17, 15) is 0 Å². The molecule has 2 aliphatic rings. The first kappa shape index (κ1) is 22.2. The molecule has 1 saturated carbocycles. The van der Waals surface area contributed by atoms with Crippen molar-refractivity contribution in [2.45, 2.75) is 39.5 Å². The molecule has 0 aromatic carbocycles. The van der Waals surface area contributed by atoms with Gasteiger partial charge in [0.1, 0.15) is 17.5 Å². The number of rotatable bonds is 7. The smallest absolute Gasteiger partial charge is 0.150 e. The van der Waals surface area contributed by atoms with Gasteiger partial charge < -0.3 is 15.5 Å². The number of nitrogens with zero attached hydrogens (tertiary/aromatic N) is 5. The highest BCUT2D eigenvalue weighted by atomic mass is 15.3. The summed E-state index contributed by atoms with van der Waals surface area (Å²) in [5, 5.41) is 9.93. The second-order valence-electron chi connectivity index (χ2n) is 8.50. The molecule has 0 bridgehead atoms. The summed E-state index contributed by atoms with van der Waals surface area (Å²) in [5.41, 5.74) is 5.91. The minimum atomic E-state index is 0.584. The van der Waals surface area contributed by atoms with Gasteiger partial charge in [-0.25, -0.2) is 15.0 Å². The van der Waals surface area contributed by atoms with Crippen LogP contribution in [0.2, 0.25) is 0 Å². The van der Waals surface area contributed by atoms with Crippen LogP contribution in [0.1, 0.15) is 45.1 Å². The van der Waals surface area contributed by atoms with E-state index < -0.39 is 0 Å². The number of aliphatic imine (C=N–C) groups is 1. The second-order valence-corrected chi connectivity index (χ2v) is 8.50. The monoisotopic (exact) mass is 434 g/mol. The van der Waals surface area contributed by atoms with Gasteiger partial charge >= 0.3 is 0 Å². The molecule has 170 valence electrons. The number of hydrogen-bond acceptors (Lipinski definition) is 8. The summed E-state index contributed by atoms with van der Waals surface area (Å²) in [7, 11) is 3.83. The maximum absolute atomic E-state index is 4.68. The van der Waals surface area contributed by atoms with E-state index in [0.29, 0.717) is 11.7 Å². The molecule has 2 aromatic rings. The van der Waals surface area contributed by atoms with Gasteiger partial charge in [-0.3, -0.25) is 10.3 Å². The van der Waals surface area contributed by atoms with Gasteiger partial charge in [0.2, 0.25) is 0 Å². The first-order valence-corrected chi connectivity index (χ1v) is 11.5. The molecule has 32 heavy (non-hydrogen) atoms. The number of nitrogens with one attached hydrogen (secondary N) is 3. The molecule has 3 heterocycles. The summed E-state index contributed by atoms with van der Waals surface area (Å²) >= 11 is 0. The second kappa shape index (κ2) is 10.1. The minimum Gasteiger partial charge on any atom is -0.387 e. The van der Waals surface area contributed by atoms with E-state index >= 15 is 0 Å². The summed E-state index contributed by atoms with van der Waals surface area (Å²) in [5.74, 6) is 2.88. The molecule has 0 atom stereocenters. The van der Waals surface area contributed by atoms with Gasteiger partial charge in [-0.2, -0.15) is 0 Å². The van der Waals surface area contributed by atoms with Crippen molar-refractivity contribution in [1.82, 2.24) is 20.3 Å².